The topological polar surface area (TPSA) is 97.1 Å². The molecule has 0 heterocycles. The van der Waals surface area contributed by atoms with E-state index < -0.39 is 24.1 Å². The Kier molecular flexibility index (Phi) is 9.18. The lowest BCUT2D eigenvalue weighted by molar-refractivity contribution is -0.154. The van der Waals surface area contributed by atoms with E-state index in [4.69, 9.17) is 24.7 Å². The predicted octanol–water partition coefficient (Wildman–Crippen LogP) is 4.08. The summed E-state index contributed by atoms with van der Waals surface area (Å²) < 4.78 is 21.4. The van der Waals surface area contributed by atoms with Crippen LogP contribution in [0.5, 0.6) is 11.5 Å². The summed E-state index contributed by atoms with van der Waals surface area (Å²) in [5, 5.41) is 0. The number of hydrogen-bond donors (Lipinski definition) is 1. The van der Waals surface area contributed by atoms with Crippen LogP contribution in [0.25, 0.3) is 0 Å². The lowest BCUT2D eigenvalue weighted by Crippen LogP contribution is -2.33. The first kappa shape index (κ1) is 24.1. The van der Waals surface area contributed by atoms with Crippen LogP contribution in [0, 0.1) is 5.92 Å². The van der Waals surface area contributed by atoms with Crippen molar-refractivity contribution in [3.05, 3.63) is 59.7 Å². The van der Waals surface area contributed by atoms with Crippen molar-refractivity contribution in [3.8, 4) is 11.5 Å². The zero-order chi connectivity index (χ0) is 22.8. The number of carbonyl (C=O) groups is 2. The van der Waals surface area contributed by atoms with E-state index >= 15 is 0 Å². The van der Waals surface area contributed by atoms with Gasteiger partial charge in [-0.05, 0) is 42.5 Å². The van der Waals surface area contributed by atoms with Crippen molar-refractivity contribution in [3.63, 3.8) is 0 Å². The molecule has 0 aliphatic rings. The first-order chi connectivity index (χ1) is 14.8. The zero-order valence-corrected chi connectivity index (χ0v) is 18.5. The second-order valence-corrected chi connectivity index (χ2v) is 7.71. The smallest absolute Gasteiger partial charge is 0.404 e. The van der Waals surface area contributed by atoms with Crippen LogP contribution in [-0.4, -0.2) is 38.5 Å². The number of ether oxygens (including phenoxy) is 4. The molecule has 31 heavy (non-hydrogen) atoms. The molecule has 168 valence electrons. The summed E-state index contributed by atoms with van der Waals surface area (Å²) in [5.41, 5.74) is 7.13. The van der Waals surface area contributed by atoms with Gasteiger partial charge in [0.1, 0.15) is 13.2 Å². The van der Waals surface area contributed by atoms with Crippen molar-refractivity contribution in [1.82, 2.24) is 0 Å². The fraction of sp³-hybridized carbons (Fsp3) is 0.417. The minimum atomic E-state index is -0.952. The second-order valence-electron chi connectivity index (χ2n) is 7.71. The van der Waals surface area contributed by atoms with Gasteiger partial charge in [-0.15, -0.1) is 0 Å². The maximum Gasteiger partial charge on any atom is 0.404 e. The van der Waals surface area contributed by atoms with E-state index in [1.165, 1.54) is 12.7 Å². The Morgan fingerprint density at radius 1 is 0.935 bits per heavy atom. The van der Waals surface area contributed by atoms with Crippen LogP contribution < -0.4 is 15.2 Å². The van der Waals surface area contributed by atoms with Crippen molar-refractivity contribution in [2.45, 2.75) is 39.2 Å². The molecule has 0 aromatic heterocycles. The molecule has 7 nitrogen and oxygen atoms in total. The lowest BCUT2D eigenvalue weighted by atomic mass is 9.97. The summed E-state index contributed by atoms with van der Waals surface area (Å²) >= 11 is 0. The number of nitrogens with two attached hydrogens (primary N) is 1. The highest BCUT2D eigenvalue weighted by atomic mass is 16.6. The minimum absolute atomic E-state index is 0.0283. The molecule has 2 aromatic carbocycles. The van der Waals surface area contributed by atoms with Gasteiger partial charge in [0.05, 0.1) is 13.0 Å². The maximum atomic E-state index is 12.7. The van der Waals surface area contributed by atoms with Crippen molar-refractivity contribution in [2.75, 3.05) is 20.3 Å². The molecular weight excluding hydrogens is 398 g/mol. The zero-order valence-electron chi connectivity index (χ0n) is 18.5. The Morgan fingerprint density at radius 3 is 2.16 bits per heavy atom. The molecule has 7 heteroatoms. The van der Waals surface area contributed by atoms with Crippen LogP contribution in [0.15, 0.2) is 48.5 Å². The third-order valence-electron chi connectivity index (χ3n) is 4.67. The molecule has 0 saturated heterocycles. The highest BCUT2D eigenvalue weighted by molar-refractivity contribution is 5.78. The van der Waals surface area contributed by atoms with Crippen molar-refractivity contribution in [2.24, 2.45) is 11.7 Å². The average molecular weight is 430 g/mol. The maximum absolute atomic E-state index is 12.7. The molecule has 2 aromatic rings. The van der Waals surface area contributed by atoms with Gasteiger partial charge in [0.25, 0.3) is 0 Å². The number of benzene rings is 2. The fourth-order valence-electron chi connectivity index (χ4n) is 3.03. The number of primary amides is 1. The molecule has 0 saturated carbocycles. The van der Waals surface area contributed by atoms with E-state index in [9.17, 15) is 9.59 Å². The normalized spacial score (nSPS) is 12.7. The first-order valence-electron chi connectivity index (χ1n) is 10.3. The van der Waals surface area contributed by atoms with Crippen molar-refractivity contribution < 1.29 is 28.5 Å². The van der Waals surface area contributed by atoms with E-state index in [0.29, 0.717) is 17.4 Å². The molecule has 1 amide bonds. The van der Waals surface area contributed by atoms with Crippen molar-refractivity contribution >= 4 is 12.1 Å². The Bertz CT molecular complexity index is 849. The van der Waals surface area contributed by atoms with Crippen LogP contribution >= 0.6 is 0 Å². The van der Waals surface area contributed by atoms with Gasteiger partial charge in [0.15, 0.2) is 17.6 Å². The van der Waals surface area contributed by atoms with E-state index in [-0.39, 0.29) is 13.2 Å². The Balaban J connectivity index is 2.02. The highest BCUT2D eigenvalue weighted by Gasteiger charge is 2.23. The molecule has 2 N–H and O–H groups in total. The Hall–Kier alpha value is -3.22. The van der Waals surface area contributed by atoms with E-state index in [1.54, 1.807) is 25.1 Å². The molecule has 0 unspecified atom stereocenters. The highest BCUT2D eigenvalue weighted by Crippen LogP contribution is 2.26. The molecule has 2 rings (SSSR count). The quantitative estimate of drug-likeness (QED) is 0.541. The largest absolute Gasteiger partial charge is 0.493 e. The van der Waals surface area contributed by atoms with Crippen LogP contribution in [0.1, 0.15) is 37.8 Å². The molecular formula is C24H31NO6. The van der Waals surface area contributed by atoms with E-state index in [1.807, 2.05) is 30.3 Å². The monoisotopic (exact) mass is 429 g/mol. The molecule has 0 aliphatic carbocycles. The van der Waals surface area contributed by atoms with Gasteiger partial charge in [-0.25, -0.2) is 4.79 Å². The number of carbonyl (C=O) groups excluding carboxylic acids is 2. The standard InChI is InChI=1S/C24H31NO6/c1-16(2)13-18-9-11-19(12-10-18)17(3)23(26)31-20(15-30-24(25)27)14-29-22-8-6-5-7-21(22)28-4/h5-12,16-17,20H,13-15H2,1-4H3,(H2,25,27)/t17-,20-/m1/s1. The second kappa shape index (κ2) is 11.8. The third-order valence-corrected chi connectivity index (χ3v) is 4.67. The van der Waals surface area contributed by atoms with E-state index in [2.05, 4.69) is 13.8 Å². The summed E-state index contributed by atoms with van der Waals surface area (Å²) in [7, 11) is 1.53. The summed E-state index contributed by atoms with van der Waals surface area (Å²) in [6.07, 6.45) is -0.800. The van der Waals surface area contributed by atoms with Crippen LogP contribution in [-0.2, 0) is 20.7 Å². The number of hydrogen-bond acceptors (Lipinski definition) is 6. The minimum Gasteiger partial charge on any atom is -0.493 e. The van der Waals surface area contributed by atoms with Gasteiger partial charge in [0.2, 0.25) is 0 Å². The third kappa shape index (κ3) is 7.85. The predicted molar refractivity (Wildman–Crippen MR) is 117 cm³/mol. The summed E-state index contributed by atoms with van der Waals surface area (Å²) in [4.78, 5) is 23.7. The summed E-state index contributed by atoms with van der Waals surface area (Å²) in [6.45, 7) is 5.85. The van der Waals surface area contributed by atoms with Crippen LogP contribution in [0.3, 0.4) is 0 Å². The number of methoxy groups -OCH3 is 1. The van der Waals surface area contributed by atoms with Gasteiger partial charge in [-0.2, -0.15) is 0 Å². The number of amides is 1. The Morgan fingerprint density at radius 2 is 1.58 bits per heavy atom. The SMILES string of the molecule is COc1ccccc1OC[C@H](COC(N)=O)OC(=O)[C@H](C)c1ccc(CC(C)C)cc1. The first-order valence-corrected chi connectivity index (χ1v) is 10.3. The van der Waals surface area contributed by atoms with Crippen LogP contribution in [0.2, 0.25) is 0 Å². The molecule has 0 bridgehead atoms. The van der Waals surface area contributed by atoms with Gasteiger partial charge < -0.3 is 24.7 Å². The van der Waals surface area contributed by atoms with Gasteiger partial charge in [0, 0.05) is 0 Å². The molecule has 0 fully saturated rings. The molecule has 0 aliphatic heterocycles. The number of rotatable bonds is 11. The Labute approximate surface area is 183 Å². The molecule has 0 spiro atoms. The van der Waals surface area contributed by atoms with Gasteiger partial charge >= 0.3 is 12.1 Å². The van der Waals surface area contributed by atoms with Crippen LogP contribution in [0.4, 0.5) is 4.79 Å². The van der Waals surface area contributed by atoms with Crippen molar-refractivity contribution in [1.29, 1.82) is 0 Å². The summed E-state index contributed by atoms with van der Waals surface area (Å²) in [6, 6.07) is 15.0. The number of esters is 1. The lowest BCUT2D eigenvalue weighted by Gasteiger charge is -2.21. The molecule has 0 radical (unpaired) electrons. The van der Waals surface area contributed by atoms with E-state index in [0.717, 1.165) is 12.0 Å². The summed E-state index contributed by atoms with van der Waals surface area (Å²) in [5.74, 6) is 0.647. The average Bonchev–Trinajstić information content (AvgIpc) is 2.75. The number of para-hydroxylation sites is 2. The van der Waals surface area contributed by atoms with Gasteiger partial charge in [-0.1, -0.05) is 50.2 Å². The van der Waals surface area contributed by atoms with Gasteiger partial charge in [-0.3, -0.25) is 4.79 Å². The molecule has 2 atom stereocenters. The fourth-order valence-corrected chi connectivity index (χ4v) is 3.03.